The summed E-state index contributed by atoms with van der Waals surface area (Å²) in [5.41, 5.74) is 15.2. The second-order valence-electron chi connectivity index (χ2n) is 18.6. The van der Waals surface area contributed by atoms with Gasteiger partial charge < -0.3 is 13.6 Å². The molecule has 3 rings (SSSR count). The van der Waals surface area contributed by atoms with Crippen LogP contribution < -0.4 is 13.6 Å². The zero-order chi connectivity index (χ0) is 45.5. The lowest BCUT2D eigenvalue weighted by Gasteiger charge is -2.29. The predicted molar refractivity (Wildman–Crippen MR) is 271 cm³/mol. The van der Waals surface area contributed by atoms with E-state index in [0.717, 1.165) is 190 Å². The summed E-state index contributed by atoms with van der Waals surface area (Å²) in [5.74, 6) is 2.14. The number of rotatable bonds is 33. The number of unbranched alkanes of at least 4 members (excludes halogenated alkanes) is 9. The molecule has 0 aliphatic heterocycles. The summed E-state index contributed by atoms with van der Waals surface area (Å²) < 4.78 is 38.2. The Morgan fingerprint density at radius 2 is 0.516 bits per heavy atom. The van der Waals surface area contributed by atoms with Crippen molar-refractivity contribution in [2.24, 2.45) is 0 Å². The Hall–Kier alpha value is -2.71. The molecule has 0 atom stereocenters. The summed E-state index contributed by atoms with van der Waals surface area (Å²) in [7, 11) is -4.39. The Bertz CT molecular complexity index is 1610. The minimum atomic E-state index is -4.39. The Labute approximate surface area is 383 Å². The molecule has 0 N–H and O–H groups in total. The molecule has 0 heterocycles. The molecule has 350 valence electrons. The molecule has 0 aromatic heterocycles. The second-order valence-corrected chi connectivity index (χ2v) is 20.0. The molecule has 0 saturated carbocycles. The van der Waals surface area contributed by atoms with Gasteiger partial charge in [0.05, 0.1) is 0 Å². The number of aryl methyl sites for hydroxylation is 6. The minimum absolute atomic E-state index is 0.713. The van der Waals surface area contributed by atoms with Crippen molar-refractivity contribution in [1.29, 1.82) is 0 Å². The molecule has 0 radical (unpaired) electrons. The van der Waals surface area contributed by atoms with Crippen LogP contribution in [0.1, 0.15) is 245 Å². The van der Waals surface area contributed by atoms with Crippen molar-refractivity contribution >= 4 is 7.82 Å². The molecule has 4 nitrogen and oxygen atoms in total. The molecule has 0 aliphatic carbocycles. The van der Waals surface area contributed by atoms with Gasteiger partial charge >= 0.3 is 7.82 Å². The summed E-state index contributed by atoms with van der Waals surface area (Å²) in [6, 6.07) is 7.01. The molecule has 3 aromatic carbocycles. The van der Waals surface area contributed by atoms with Gasteiger partial charge in [-0.1, -0.05) is 138 Å². The highest BCUT2D eigenvalue weighted by molar-refractivity contribution is 7.49. The van der Waals surface area contributed by atoms with Crippen molar-refractivity contribution in [1.82, 2.24) is 0 Å². The lowest BCUT2D eigenvalue weighted by atomic mass is 9.88. The SMILES string of the molecule is CCCCc1cc(C)c(OP(=O)(Oc2c(C)cc(CCCC)c(CCCC)c2CCCC)Oc2c(C)cc(CCCC)c(CCCC)c2CCCC)c(CCCC)c1CCCC. The molecule has 0 unspecified atom stereocenters. The number of phosphoric acid groups is 1. The Kier molecular flexibility index (Phi) is 25.0. The molecule has 0 fully saturated rings. The Morgan fingerprint density at radius 3 is 0.726 bits per heavy atom. The van der Waals surface area contributed by atoms with Gasteiger partial charge in [0, 0.05) is 0 Å². The van der Waals surface area contributed by atoms with E-state index in [1.165, 1.54) is 50.1 Å². The maximum absolute atomic E-state index is 16.5. The van der Waals surface area contributed by atoms with Gasteiger partial charge in [0.25, 0.3) is 0 Å². The van der Waals surface area contributed by atoms with Crippen molar-refractivity contribution in [2.75, 3.05) is 0 Å². The van der Waals surface area contributed by atoms with Crippen LogP contribution in [0, 0.1) is 20.8 Å². The molecule has 0 aliphatic rings. The number of phosphoric ester groups is 1. The number of hydrogen-bond donors (Lipinski definition) is 0. The Balaban J connectivity index is 2.51. The highest BCUT2D eigenvalue weighted by atomic mass is 31.2. The smallest absolute Gasteiger partial charge is 0.385 e. The fourth-order valence-corrected chi connectivity index (χ4v) is 10.9. The third-order valence-electron chi connectivity index (χ3n) is 13.0. The molecule has 0 amide bonds. The van der Waals surface area contributed by atoms with Crippen LogP contribution in [0.25, 0.3) is 0 Å². The van der Waals surface area contributed by atoms with Crippen molar-refractivity contribution in [2.45, 2.75) is 256 Å². The zero-order valence-electron chi connectivity index (χ0n) is 42.4. The average molecular weight is 873 g/mol. The third kappa shape index (κ3) is 15.5. The van der Waals surface area contributed by atoms with Crippen molar-refractivity contribution in [3.8, 4) is 17.2 Å². The average Bonchev–Trinajstić information content (AvgIpc) is 3.26. The van der Waals surface area contributed by atoms with E-state index in [1.807, 2.05) is 0 Å². The summed E-state index contributed by atoms with van der Waals surface area (Å²) in [6.07, 6.45) is 28.8. The van der Waals surface area contributed by atoms with Crippen LogP contribution in [0.3, 0.4) is 0 Å². The highest BCUT2D eigenvalue weighted by Gasteiger charge is 2.39. The number of benzene rings is 3. The first-order valence-electron chi connectivity index (χ1n) is 26.1. The van der Waals surface area contributed by atoms with Crippen molar-refractivity contribution < 1.29 is 18.1 Å². The molecular weight excluding hydrogens is 780 g/mol. The van der Waals surface area contributed by atoms with Crippen molar-refractivity contribution in [3.63, 3.8) is 0 Å². The topological polar surface area (TPSA) is 44.8 Å². The minimum Gasteiger partial charge on any atom is -0.385 e. The molecule has 0 bridgehead atoms. The van der Waals surface area contributed by atoms with Gasteiger partial charge in [-0.15, -0.1) is 0 Å². The van der Waals surface area contributed by atoms with Crippen LogP contribution in [0.4, 0.5) is 0 Å². The van der Waals surface area contributed by atoms with Crippen LogP contribution in [0.5, 0.6) is 17.2 Å². The largest absolute Gasteiger partial charge is 0.647 e. The lowest BCUT2D eigenvalue weighted by molar-refractivity contribution is 0.292. The van der Waals surface area contributed by atoms with Gasteiger partial charge in [0.1, 0.15) is 17.2 Å². The van der Waals surface area contributed by atoms with Gasteiger partial charge in [-0.25, -0.2) is 0 Å². The van der Waals surface area contributed by atoms with Crippen LogP contribution in [-0.2, 0) is 62.4 Å². The molecule has 0 saturated heterocycles. The van der Waals surface area contributed by atoms with Gasteiger partial charge in [0.15, 0.2) is 0 Å². The predicted octanol–water partition coefficient (Wildman–Crippen LogP) is 18.3. The van der Waals surface area contributed by atoms with Crippen LogP contribution in [0.15, 0.2) is 18.2 Å². The van der Waals surface area contributed by atoms with Gasteiger partial charge in [-0.2, -0.15) is 4.57 Å². The fourth-order valence-electron chi connectivity index (χ4n) is 9.34. The van der Waals surface area contributed by atoms with E-state index < -0.39 is 7.82 Å². The van der Waals surface area contributed by atoms with E-state index >= 15 is 4.57 Å². The standard InChI is InChI=1S/C57H93O4P/c1-13-22-31-46-40-43(10)55(52(37-28-19-7)49(46)34-25-16-4)59-62(58,60-56-44(11)41-47(32-23-14-2)50(35-26-17-5)53(56)38-29-20-8)61-57-45(12)42-48(33-24-15-3)51(36-27-18-6)54(57)39-30-21-9/h40-42H,13-39H2,1-12H3. The monoisotopic (exact) mass is 873 g/mol. The van der Waals surface area contributed by atoms with Gasteiger partial charge in [-0.05, 0) is 203 Å². The van der Waals surface area contributed by atoms with E-state index in [1.54, 1.807) is 0 Å². The maximum atomic E-state index is 16.5. The van der Waals surface area contributed by atoms with Crippen LogP contribution >= 0.6 is 7.82 Å². The molecule has 62 heavy (non-hydrogen) atoms. The third-order valence-corrected chi connectivity index (χ3v) is 14.2. The zero-order valence-corrected chi connectivity index (χ0v) is 43.3. The molecule has 5 heteroatoms. The van der Waals surface area contributed by atoms with E-state index in [4.69, 9.17) is 13.6 Å². The lowest BCUT2D eigenvalue weighted by Crippen LogP contribution is -2.16. The van der Waals surface area contributed by atoms with E-state index in [2.05, 4.69) is 101 Å². The van der Waals surface area contributed by atoms with E-state index in [-0.39, 0.29) is 0 Å². The normalized spacial score (nSPS) is 11.7. The van der Waals surface area contributed by atoms with Gasteiger partial charge in [-0.3, -0.25) is 0 Å². The highest BCUT2D eigenvalue weighted by Crippen LogP contribution is 2.55. The number of hydrogen-bond acceptors (Lipinski definition) is 4. The first-order chi connectivity index (χ1) is 30.0. The Morgan fingerprint density at radius 1 is 0.323 bits per heavy atom. The first-order valence-corrected chi connectivity index (χ1v) is 27.6. The van der Waals surface area contributed by atoms with Crippen molar-refractivity contribution in [3.05, 3.63) is 85.0 Å². The molecule has 3 aromatic rings. The summed E-state index contributed by atoms with van der Waals surface area (Å²) in [4.78, 5) is 0. The molecular formula is C57H93O4P. The van der Waals surface area contributed by atoms with Crippen LogP contribution in [-0.4, -0.2) is 0 Å². The fraction of sp³-hybridized carbons (Fsp3) is 0.684. The van der Waals surface area contributed by atoms with Crippen LogP contribution in [0.2, 0.25) is 0 Å². The summed E-state index contributed by atoms with van der Waals surface area (Å²) in [6.45, 7) is 26.9. The van der Waals surface area contributed by atoms with Gasteiger partial charge in [0.2, 0.25) is 0 Å². The quantitative estimate of drug-likeness (QED) is 0.0572. The van der Waals surface area contributed by atoms with E-state index in [9.17, 15) is 0 Å². The second kappa shape index (κ2) is 29.0. The van der Waals surface area contributed by atoms with E-state index in [0.29, 0.717) is 17.2 Å². The molecule has 0 spiro atoms. The maximum Gasteiger partial charge on any atom is 0.647 e. The summed E-state index contributed by atoms with van der Waals surface area (Å²) in [5, 5.41) is 0. The first kappa shape index (κ1) is 53.6. The summed E-state index contributed by atoms with van der Waals surface area (Å²) >= 11 is 0.